The fraction of sp³-hybridized carbons (Fsp3) is 0.368. The molecule has 0 saturated carbocycles. The Morgan fingerprint density at radius 1 is 0.821 bits per heavy atom. The van der Waals surface area contributed by atoms with E-state index in [9.17, 15) is 9.59 Å². The van der Waals surface area contributed by atoms with Crippen LogP contribution >= 0.6 is 0 Å². The lowest BCUT2D eigenvalue weighted by atomic mass is 10.0. The number of ether oxygens (including phenoxy) is 5. The molecule has 0 radical (unpaired) electrons. The molecule has 0 amide bonds. The van der Waals surface area contributed by atoms with Crippen molar-refractivity contribution in [3.8, 4) is 17.2 Å². The first-order valence-corrected chi connectivity index (χ1v) is 8.06. The van der Waals surface area contributed by atoms with Crippen molar-refractivity contribution in [3.63, 3.8) is 0 Å². The molecule has 0 aromatic heterocycles. The molecule has 2 rings (SSSR count). The van der Waals surface area contributed by atoms with Gasteiger partial charge in [0.05, 0.1) is 53.5 Å². The third kappa shape index (κ3) is 5.83. The summed E-state index contributed by atoms with van der Waals surface area (Å²) in [6, 6.07) is 2.76. The molecule has 1 aromatic rings. The number of benzene rings is 1. The first-order valence-electron chi connectivity index (χ1n) is 8.06. The largest absolute Gasteiger partial charge is 0.501 e. The van der Waals surface area contributed by atoms with Gasteiger partial charge < -0.3 is 33.9 Å². The monoisotopic (exact) mass is 396 g/mol. The third-order valence-electron chi connectivity index (χ3n) is 3.80. The van der Waals surface area contributed by atoms with Crippen LogP contribution in [0.3, 0.4) is 0 Å². The van der Waals surface area contributed by atoms with Gasteiger partial charge in [0.15, 0.2) is 11.5 Å². The zero-order valence-electron chi connectivity index (χ0n) is 16.3. The predicted molar refractivity (Wildman–Crippen MR) is 99.0 cm³/mol. The highest BCUT2D eigenvalue weighted by molar-refractivity contribution is 5.89. The van der Waals surface area contributed by atoms with Gasteiger partial charge in [-0.15, -0.1) is 0 Å². The number of hydrogen-bond donors (Lipinski definition) is 2. The highest BCUT2D eigenvalue weighted by atomic mass is 16.5. The molecule has 0 aliphatic heterocycles. The van der Waals surface area contributed by atoms with E-state index >= 15 is 0 Å². The van der Waals surface area contributed by atoms with Crippen molar-refractivity contribution in [3.05, 3.63) is 41.4 Å². The number of carboxylic acid groups (broad SMARTS) is 2. The van der Waals surface area contributed by atoms with Crippen LogP contribution in [0.5, 0.6) is 17.2 Å². The summed E-state index contributed by atoms with van der Waals surface area (Å²) in [5, 5.41) is 17.6. The van der Waals surface area contributed by atoms with Crippen molar-refractivity contribution in [2.24, 2.45) is 5.92 Å². The minimum Gasteiger partial charge on any atom is -0.501 e. The fourth-order valence-electron chi connectivity index (χ4n) is 2.37. The molecule has 1 aliphatic rings. The maximum absolute atomic E-state index is 10.8. The molecular formula is C19H24O9. The topological polar surface area (TPSA) is 121 Å². The SMILES string of the molecule is COC1=CC(C(=O)O)C=C(OC)C1.COc1cc(C(=O)O)cc(OC)c1OC. The summed E-state index contributed by atoms with van der Waals surface area (Å²) in [6.45, 7) is 0. The number of carboxylic acids is 2. The van der Waals surface area contributed by atoms with Gasteiger partial charge in [-0.3, -0.25) is 4.79 Å². The van der Waals surface area contributed by atoms with Crippen LogP contribution in [0.2, 0.25) is 0 Å². The Kier molecular flexibility index (Phi) is 8.67. The van der Waals surface area contributed by atoms with E-state index in [-0.39, 0.29) is 5.56 Å². The number of aromatic carboxylic acids is 1. The Morgan fingerprint density at radius 2 is 1.29 bits per heavy atom. The van der Waals surface area contributed by atoms with E-state index in [1.807, 2.05) is 0 Å². The molecule has 1 aliphatic carbocycles. The Morgan fingerprint density at radius 3 is 1.57 bits per heavy atom. The summed E-state index contributed by atoms with van der Waals surface area (Å²) in [6.07, 6.45) is 3.67. The summed E-state index contributed by atoms with van der Waals surface area (Å²) < 4.78 is 25.0. The van der Waals surface area contributed by atoms with Crippen LogP contribution in [0.4, 0.5) is 0 Å². The lowest BCUT2D eigenvalue weighted by molar-refractivity contribution is -0.138. The maximum atomic E-state index is 10.8. The van der Waals surface area contributed by atoms with Crippen molar-refractivity contribution in [1.82, 2.24) is 0 Å². The molecule has 0 heterocycles. The minimum atomic E-state index is -1.05. The molecule has 0 unspecified atom stereocenters. The molecule has 9 nitrogen and oxygen atoms in total. The molecular weight excluding hydrogens is 372 g/mol. The molecule has 1 aromatic carbocycles. The molecule has 28 heavy (non-hydrogen) atoms. The van der Waals surface area contributed by atoms with Crippen molar-refractivity contribution >= 4 is 11.9 Å². The van der Waals surface area contributed by atoms with Crippen molar-refractivity contribution < 1.29 is 43.5 Å². The Balaban J connectivity index is 0.000000283. The van der Waals surface area contributed by atoms with E-state index < -0.39 is 17.9 Å². The van der Waals surface area contributed by atoms with Crippen molar-refractivity contribution in [1.29, 1.82) is 0 Å². The van der Waals surface area contributed by atoms with Gasteiger partial charge in [-0.2, -0.15) is 0 Å². The zero-order chi connectivity index (χ0) is 21.3. The summed E-state index contributed by atoms with van der Waals surface area (Å²) in [5.41, 5.74) is 0.0875. The van der Waals surface area contributed by atoms with Gasteiger partial charge in [0.25, 0.3) is 0 Å². The smallest absolute Gasteiger partial charge is 0.335 e. The summed E-state index contributed by atoms with van der Waals surface area (Å²) in [7, 11) is 7.36. The first-order chi connectivity index (χ1) is 13.3. The number of methoxy groups -OCH3 is 5. The van der Waals surface area contributed by atoms with Crippen LogP contribution in [0.1, 0.15) is 16.8 Å². The first kappa shape index (κ1) is 22.7. The highest BCUT2D eigenvalue weighted by Gasteiger charge is 2.20. The molecule has 9 heteroatoms. The minimum absolute atomic E-state index is 0.0875. The number of carbonyl (C=O) groups is 2. The summed E-state index contributed by atoms with van der Waals surface area (Å²) in [5.74, 6) is -0.288. The highest BCUT2D eigenvalue weighted by Crippen LogP contribution is 2.38. The van der Waals surface area contributed by atoms with Gasteiger partial charge >= 0.3 is 11.9 Å². The quantitative estimate of drug-likeness (QED) is 0.716. The van der Waals surface area contributed by atoms with E-state index in [2.05, 4.69) is 0 Å². The second-order valence-electron chi connectivity index (χ2n) is 5.43. The Labute approximate surface area is 162 Å². The van der Waals surface area contributed by atoms with E-state index in [0.29, 0.717) is 35.2 Å². The second kappa shape index (κ2) is 10.7. The average molecular weight is 396 g/mol. The van der Waals surface area contributed by atoms with E-state index in [4.69, 9.17) is 33.9 Å². The average Bonchev–Trinajstić information content (AvgIpc) is 2.72. The standard InChI is InChI=1S/C10H12O5.C9H12O4/c1-13-7-4-6(10(11)12)5-8(14-2)9(7)15-3;1-12-7-3-6(9(10)11)4-8(5-7)13-2/h4-5H,1-3H3,(H,11,12);3-4,6H,5H2,1-2H3,(H,10,11). The normalized spacial score (nSPS) is 13.2. The van der Waals surface area contributed by atoms with Crippen LogP contribution < -0.4 is 14.2 Å². The lowest BCUT2D eigenvalue weighted by Crippen LogP contribution is -2.14. The van der Waals surface area contributed by atoms with Crippen LogP contribution in [-0.4, -0.2) is 57.7 Å². The third-order valence-corrected chi connectivity index (χ3v) is 3.80. The number of hydrogen-bond acceptors (Lipinski definition) is 7. The number of rotatable bonds is 7. The molecule has 0 atom stereocenters. The lowest BCUT2D eigenvalue weighted by Gasteiger charge is -2.16. The van der Waals surface area contributed by atoms with Gasteiger partial charge in [-0.1, -0.05) is 0 Å². The Hall–Kier alpha value is -3.36. The van der Waals surface area contributed by atoms with E-state index in [1.54, 1.807) is 12.2 Å². The van der Waals surface area contributed by atoms with Gasteiger partial charge in [-0.25, -0.2) is 4.79 Å². The van der Waals surface area contributed by atoms with Gasteiger partial charge in [0.1, 0.15) is 11.5 Å². The van der Waals surface area contributed by atoms with Crippen molar-refractivity contribution in [2.75, 3.05) is 35.5 Å². The fourth-order valence-corrected chi connectivity index (χ4v) is 2.37. The molecule has 154 valence electrons. The maximum Gasteiger partial charge on any atom is 0.335 e. The van der Waals surface area contributed by atoms with Crippen LogP contribution in [0, 0.1) is 5.92 Å². The van der Waals surface area contributed by atoms with Gasteiger partial charge in [0.2, 0.25) is 5.75 Å². The van der Waals surface area contributed by atoms with Gasteiger partial charge in [-0.05, 0) is 24.3 Å². The molecule has 0 saturated heterocycles. The summed E-state index contributed by atoms with van der Waals surface area (Å²) >= 11 is 0. The van der Waals surface area contributed by atoms with Crippen LogP contribution in [-0.2, 0) is 14.3 Å². The summed E-state index contributed by atoms with van der Waals surface area (Å²) in [4.78, 5) is 21.5. The molecule has 0 spiro atoms. The van der Waals surface area contributed by atoms with E-state index in [0.717, 1.165) is 0 Å². The van der Waals surface area contributed by atoms with Crippen molar-refractivity contribution in [2.45, 2.75) is 6.42 Å². The Bertz CT molecular complexity index is 720. The molecule has 2 N–H and O–H groups in total. The van der Waals surface area contributed by atoms with Crippen LogP contribution in [0.25, 0.3) is 0 Å². The molecule has 0 bridgehead atoms. The predicted octanol–water partition coefficient (Wildman–Crippen LogP) is 2.56. The van der Waals surface area contributed by atoms with Crippen LogP contribution in [0.15, 0.2) is 35.8 Å². The zero-order valence-corrected chi connectivity index (χ0v) is 16.3. The van der Waals surface area contributed by atoms with Gasteiger partial charge in [0, 0.05) is 0 Å². The second-order valence-corrected chi connectivity index (χ2v) is 5.43. The number of aliphatic carboxylic acids is 1. The molecule has 0 fully saturated rings. The van der Waals surface area contributed by atoms with E-state index in [1.165, 1.54) is 47.7 Å².